The summed E-state index contributed by atoms with van der Waals surface area (Å²) >= 11 is 0. The number of fused-ring (bicyclic) bond motifs is 5. The summed E-state index contributed by atoms with van der Waals surface area (Å²) in [6.07, 6.45) is 3.42. The van der Waals surface area contributed by atoms with E-state index in [1.54, 1.807) is 47.9 Å². The van der Waals surface area contributed by atoms with E-state index in [0.717, 1.165) is 5.39 Å². The largest absolute Gasteiger partial charge is 0.458 e. The van der Waals surface area contributed by atoms with E-state index in [-0.39, 0.29) is 88.1 Å². The number of nitrogens with zero attached hydrogens (tertiary/aromatic N) is 3. The zero-order valence-corrected chi connectivity index (χ0v) is 40.7. The Morgan fingerprint density at radius 2 is 1.64 bits per heavy atom. The quantitative estimate of drug-likeness (QED) is 0.00727. The number of guanidine groups is 1. The second-order valence-electron chi connectivity index (χ2n) is 17.4. The van der Waals surface area contributed by atoms with Crippen molar-refractivity contribution in [3.63, 3.8) is 0 Å². The summed E-state index contributed by atoms with van der Waals surface area (Å²) in [5.41, 5.74) is 6.98. The number of amides is 6. The number of ether oxygens (including phenoxy) is 1. The first kappa shape index (κ1) is 54.8. The van der Waals surface area contributed by atoms with Crippen molar-refractivity contribution in [1.82, 2.24) is 46.8 Å². The Labute approximate surface area is 424 Å². The van der Waals surface area contributed by atoms with Gasteiger partial charge in [0.05, 0.1) is 48.3 Å². The van der Waals surface area contributed by atoms with E-state index in [9.17, 15) is 48.3 Å². The van der Waals surface area contributed by atoms with Gasteiger partial charge in [-0.2, -0.15) is 0 Å². The van der Waals surface area contributed by atoms with Crippen molar-refractivity contribution in [1.29, 1.82) is 5.41 Å². The number of nitrogens with one attached hydrogen (secondary N) is 8. The van der Waals surface area contributed by atoms with Crippen LogP contribution < -0.4 is 48.5 Å². The maximum Gasteiger partial charge on any atom is 0.343 e. The molecule has 74 heavy (non-hydrogen) atoms. The molecule has 11 N–H and O–H groups in total. The number of carbonyl (C=O) groups excluding carboxylic acids is 8. The zero-order valence-electron chi connectivity index (χ0n) is 40.7. The highest BCUT2D eigenvalue weighted by molar-refractivity contribution is 6.02. The number of pyridine rings is 2. The smallest absolute Gasteiger partial charge is 0.343 e. The Hall–Kier alpha value is -8.54. The third-order valence-electron chi connectivity index (χ3n) is 12.4. The van der Waals surface area contributed by atoms with Crippen molar-refractivity contribution in [3.05, 3.63) is 98.8 Å². The van der Waals surface area contributed by atoms with Crippen LogP contribution in [0.1, 0.15) is 79.7 Å². The van der Waals surface area contributed by atoms with Gasteiger partial charge in [0, 0.05) is 54.4 Å². The molecule has 0 aliphatic carbocycles. The van der Waals surface area contributed by atoms with Crippen molar-refractivity contribution >= 4 is 71.3 Å². The number of nitrogens with two attached hydrogens (primary N) is 1. The van der Waals surface area contributed by atoms with Gasteiger partial charge < -0.3 is 67.0 Å². The van der Waals surface area contributed by atoms with Gasteiger partial charge in [-0.25, -0.2) is 9.78 Å². The van der Waals surface area contributed by atoms with Crippen LogP contribution in [0.3, 0.4) is 0 Å². The number of rotatable bonds is 28. The standard InChI is InChI=1S/C50H60N12O12/c1-2-50(72)35-24-40-43-33(27-62(40)47(70)34(35)28-73-48(50)71)32(31-13-6-7-14-36(31)60-43)25-58-74-22-20-53-41(65)16-8-9-18-54-45(68)39(23-30-11-4-3-5-12-30)61-46(69)38(17-21-63)59-42(66)26-56-44(67)37(57-29-64)15-10-19-55-49(51)52/h3-7,11-14,21,24-25,29,37-39,72H,2,8-10,15-20,22-23,26-28H2,1H3,(H,53,65)(H,54,68)(H,56,67)(H,57,64)(H,59,66)(H,61,69)(H4,51,52,55)/b58-25-/t37-,38-,39+,50-/m0/s1. The van der Waals surface area contributed by atoms with E-state index in [4.69, 9.17) is 25.7 Å². The average Bonchev–Trinajstić information content (AvgIpc) is 3.76. The number of hydrogen-bond acceptors (Lipinski definition) is 15. The van der Waals surface area contributed by atoms with E-state index in [0.29, 0.717) is 65.6 Å². The molecule has 6 amide bonds. The maximum absolute atomic E-state index is 13.7. The van der Waals surface area contributed by atoms with Crippen LogP contribution in [0, 0.1) is 5.41 Å². The van der Waals surface area contributed by atoms with Gasteiger partial charge in [0.2, 0.25) is 35.9 Å². The van der Waals surface area contributed by atoms with Gasteiger partial charge in [0.25, 0.3) is 5.56 Å². The summed E-state index contributed by atoms with van der Waals surface area (Å²) in [4.78, 5) is 124. The monoisotopic (exact) mass is 1020 g/mol. The van der Waals surface area contributed by atoms with Crippen molar-refractivity contribution in [2.24, 2.45) is 10.9 Å². The third kappa shape index (κ3) is 13.9. The second kappa shape index (κ2) is 26.2. The normalized spacial score (nSPS) is 15.5. The van der Waals surface area contributed by atoms with Crippen LogP contribution in [0.4, 0.5) is 0 Å². The molecule has 0 radical (unpaired) electrons. The van der Waals surface area contributed by atoms with E-state index in [1.165, 1.54) is 6.21 Å². The first-order chi connectivity index (χ1) is 35.7. The number of aldehydes is 1. The highest BCUT2D eigenvalue weighted by Crippen LogP contribution is 2.39. The maximum atomic E-state index is 13.7. The number of aromatic nitrogens is 2. The van der Waals surface area contributed by atoms with E-state index >= 15 is 0 Å². The molecule has 4 aromatic rings. The number of benzene rings is 2. The van der Waals surface area contributed by atoms with Crippen LogP contribution in [0.25, 0.3) is 22.3 Å². The molecule has 2 aromatic heterocycles. The Bertz CT molecular complexity index is 2840. The average molecular weight is 1020 g/mol. The van der Waals surface area contributed by atoms with Gasteiger partial charge >= 0.3 is 5.97 Å². The van der Waals surface area contributed by atoms with Gasteiger partial charge in [-0.15, -0.1) is 0 Å². The number of carbonyl (C=O) groups is 8. The highest BCUT2D eigenvalue weighted by atomic mass is 16.6. The molecule has 0 fully saturated rings. The number of hydrogen-bond donors (Lipinski definition) is 10. The lowest BCUT2D eigenvalue weighted by molar-refractivity contribution is -0.172. The minimum Gasteiger partial charge on any atom is -0.458 e. The molecule has 2 aromatic carbocycles. The fourth-order valence-electron chi connectivity index (χ4n) is 8.52. The van der Waals surface area contributed by atoms with Gasteiger partial charge in [-0.1, -0.05) is 60.6 Å². The van der Waals surface area contributed by atoms with Crippen LogP contribution in [0.5, 0.6) is 0 Å². The predicted molar refractivity (Wildman–Crippen MR) is 268 cm³/mol. The molecule has 2 aliphatic heterocycles. The van der Waals surface area contributed by atoms with E-state index < -0.39 is 71.8 Å². The first-order valence-corrected chi connectivity index (χ1v) is 24.1. The minimum atomic E-state index is -1.96. The van der Waals surface area contributed by atoms with Crippen molar-refractivity contribution < 1.29 is 53.0 Å². The lowest BCUT2D eigenvalue weighted by atomic mass is 9.86. The summed E-state index contributed by atoms with van der Waals surface area (Å²) in [6.45, 7) is 1.56. The Balaban J connectivity index is 0.954. The first-order valence-electron chi connectivity index (χ1n) is 24.1. The van der Waals surface area contributed by atoms with Gasteiger partial charge in [-0.3, -0.25) is 39.0 Å². The molecule has 4 atom stereocenters. The van der Waals surface area contributed by atoms with Crippen molar-refractivity contribution in [2.45, 2.75) is 95.2 Å². The summed E-state index contributed by atoms with van der Waals surface area (Å²) in [5, 5.41) is 41.3. The number of esters is 1. The van der Waals surface area contributed by atoms with E-state index in [1.807, 2.05) is 24.3 Å². The molecule has 0 spiro atoms. The molecule has 24 heteroatoms. The van der Waals surface area contributed by atoms with Crippen LogP contribution in [0.2, 0.25) is 0 Å². The molecule has 4 heterocycles. The molecule has 6 rings (SSSR count). The fraction of sp³-hybridized carbons (Fsp3) is 0.400. The SMILES string of the molecule is CC[C@@]1(O)C(=O)OCc2c1cc1n(c2=O)Cc2c-1nc1ccccc1c2/C=N\OCCNC(=O)CCCCNC(=O)[C@@H](Cc1ccccc1)NC(=O)[C@H](CC=O)NC(=O)CNC(=O)[C@H](CCCNC(=N)N)NC=O. The molecular weight excluding hydrogens is 961 g/mol. The predicted octanol–water partition coefficient (Wildman–Crippen LogP) is -0.872. The molecule has 0 saturated carbocycles. The highest BCUT2D eigenvalue weighted by Gasteiger charge is 2.45. The number of aliphatic hydroxyl groups is 1. The van der Waals surface area contributed by atoms with Crippen LogP contribution in [-0.4, -0.2) is 126 Å². The molecule has 24 nitrogen and oxygen atoms in total. The minimum absolute atomic E-state index is 0.0153. The fourth-order valence-corrected chi connectivity index (χ4v) is 8.52. The molecule has 0 bridgehead atoms. The van der Waals surface area contributed by atoms with Gasteiger partial charge in [-0.05, 0) is 49.8 Å². The van der Waals surface area contributed by atoms with Gasteiger partial charge in [0.15, 0.2) is 11.6 Å². The van der Waals surface area contributed by atoms with Crippen LogP contribution >= 0.6 is 0 Å². The summed E-state index contributed by atoms with van der Waals surface area (Å²) in [5.74, 6) is -4.18. The van der Waals surface area contributed by atoms with E-state index in [2.05, 4.69) is 42.4 Å². The van der Waals surface area contributed by atoms with Crippen molar-refractivity contribution in [2.75, 3.05) is 32.8 Å². The van der Waals surface area contributed by atoms with Crippen molar-refractivity contribution in [3.8, 4) is 11.4 Å². The summed E-state index contributed by atoms with van der Waals surface area (Å²) in [7, 11) is 0. The molecule has 0 saturated heterocycles. The topological polar surface area (TPSA) is 357 Å². The Kier molecular flexibility index (Phi) is 19.4. The lowest BCUT2D eigenvalue weighted by Crippen LogP contribution is -2.56. The lowest BCUT2D eigenvalue weighted by Gasteiger charge is -2.31. The molecule has 392 valence electrons. The molecule has 2 aliphatic rings. The Morgan fingerprint density at radius 1 is 0.892 bits per heavy atom. The summed E-state index contributed by atoms with van der Waals surface area (Å²) in [6, 6.07) is 14.4. The second-order valence-corrected chi connectivity index (χ2v) is 17.4. The number of unbranched alkanes of at least 4 members (excludes halogenated alkanes) is 1. The number of para-hydroxylation sites is 1. The third-order valence-corrected chi connectivity index (χ3v) is 12.4. The number of oxime groups is 1. The molecule has 0 unspecified atom stereocenters. The molecular formula is C50H60N12O12. The Morgan fingerprint density at radius 3 is 2.38 bits per heavy atom. The van der Waals surface area contributed by atoms with Crippen LogP contribution in [-0.2, 0) is 73.1 Å². The van der Waals surface area contributed by atoms with Gasteiger partial charge in [0.1, 0.15) is 37.6 Å². The summed E-state index contributed by atoms with van der Waals surface area (Å²) < 4.78 is 6.73. The van der Waals surface area contributed by atoms with Crippen LogP contribution in [0.15, 0.2) is 70.6 Å². The number of cyclic esters (lactones) is 1. The zero-order chi connectivity index (χ0) is 53.2.